The number of benzene rings is 7. The van der Waals surface area contributed by atoms with Gasteiger partial charge in [-0.05, 0) is 71.4 Å². The zero-order valence-corrected chi connectivity index (χ0v) is 25.1. The van der Waals surface area contributed by atoms with Crippen LogP contribution < -0.4 is 0 Å². The Kier molecular flexibility index (Phi) is 5.43. The van der Waals surface area contributed by atoms with Crippen LogP contribution in [0.1, 0.15) is 0 Å². The van der Waals surface area contributed by atoms with Crippen LogP contribution in [0.2, 0.25) is 0 Å². The van der Waals surface area contributed by atoms with Crippen molar-refractivity contribution in [2.45, 2.75) is 0 Å². The van der Waals surface area contributed by atoms with E-state index in [1.165, 1.54) is 11.5 Å². The zero-order chi connectivity index (χ0) is 31.1. The molecule has 47 heavy (non-hydrogen) atoms. The number of hydrogen-bond donors (Lipinski definition) is 0. The summed E-state index contributed by atoms with van der Waals surface area (Å²) in [4.78, 5) is 10.4. The number of hydrogen-bond acceptors (Lipinski definition) is 2. The van der Waals surface area contributed by atoms with Gasteiger partial charge in [0, 0.05) is 38.2 Å². The van der Waals surface area contributed by atoms with Crippen molar-refractivity contribution in [2.24, 2.45) is 0 Å². The number of halogens is 1. The number of rotatable bonds is 3. The fraction of sp³-hybridized carbons (Fsp3) is 0. The first-order chi connectivity index (χ1) is 23.2. The molecule has 0 saturated heterocycles. The van der Waals surface area contributed by atoms with Gasteiger partial charge in [-0.1, -0.05) is 91.0 Å². The molecule has 0 atom stereocenters. The van der Waals surface area contributed by atoms with Gasteiger partial charge in [-0.2, -0.15) is 0 Å². The molecular formula is C42H25FN4. The van der Waals surface area contributed by atoms with Crippen LogP contribution in [0.25, 0.3) is 88.2 Å². The van der Waals surface area contributed by atoms with Gasteiger partial charge in [-0.25, -0.2) is 14.4 Å². The topological polar surface area (TPSA) is 35.6 Å². The molecule has 0 aliphatic rings. The summed E-state index contributed by atoms with van der Waals surface area (Å²) in [6, 6.07) is 51.2. The molecule has 7 aromatic carbocycles. The Morgan fingerprint density at radius 1 is 0.447 bits per heavy atom. The lowest BCUT2D eigenvalue weighted by Gasteiger charge is -2.12. The summed E-state index contributed by atoms with van der Waals surface area (Å²) in [5.74, 6) is 0.278. The van der Waals surface area contributed by atoms with Gasteiger partial charge in [0.1, 0.15) is 5.82 Å². The average molecular weight is 605 g/mol. The van der Waals surface area contributed by atoms with Crippen molar-refractivity contribution >= 4 is 65.3 Å². The second-order valence-corrected chi connectivity index (χ2v) is 12.0. The van der Waals surface area contributed by atoms with Crippen LogP contribution in [0.15, 0.2) is 152 Å². The van der Waals surface area contributed by atoms with Crippen molar-refractivity contribution in [3.8, 4) is 22.9 Å². The molecule has 10 rings (SSSR count). The summed E-state index contributed by atoms with van der Waals surface area (Å²) < 4.78 is 19.2. The van der Waals surface area contributed by atoms with E-state index in [9.17, 15) is 4.39 Å². The summed E-state index contributed by atoms with van der Waals surface area (Å²) in [7, 11) is 0. The maximum Gasteiger partial charge on any atom is 0.235 e. The Bertz CT molecular complexity index is 2860. The molecule has 0 fully saturated rings. The van der Waals surface area contributed by atoms with Gasteiger partial charge in [-0.3, -0.25) is 4.57 Å². The summed E-state index contributed by atoms with van der Waals surface area (Å²) >= 11 is 0. The Balaban J connectivity index is 1.27. The highest BCUT2D eigenvalue weighted by atomic mass is 19.1. The molecular weight excluding hydrogens is 579 g/mol. The molecule has 0 unspecified atom stereocenters. The van der Waals surface area contributed by atoms with Crippen LogP contribution in [0, 0.1) is 5.82 Å². The molecule has 0 amide bonds. The zero-order valence-electron chi connectivity index (χ0n) is 25.1. The summed E-state index contributed by atoms with van der Waals surface area (Å²) in [5.41, 5.74) is 7.91. The van der Waals surface area contributed by atoms with E-state index in [2.05, 4.69) is 106 Å². The van der Waals surface area contributed by atoms with E-state index < -0.39 is 0 Å². The first kappa shape index (κ1) is 25.9. The lowest BCUT2D eigenvalue weighted by molar-refractivity contribution is 0.629. The lowest BCUT2D eigenvalue weighted by Crippen LogP contribution is -2.03. The minimum absolute atomic E-state index is 0.271. The van der Waals surface area contributed by atoms with Crippen molar-refractivity contribution < 1.29 is 4.39 Å². The van der Waals surface area contributed by atoms with Crippen molar-refractivity contribution in [1.82, 2.24) is 19.1 Å². The first-order valence-electron chi connectivity index (χ1n) is 15.7. The van der Waals surface area contributed by atoms with E-state index in [-0.39, 0.29) is 5.82 Å². The van der Waals surface area contributed by atoms with Gasteiger partial charge in [0.25, 0.3) is 0 Å². The monoisotopic (exact) mass is 604 g/mol. The normalized spacial score (nSPS) is 11.9. The van der Waals surface area contributed by atoms with Gasteiger partial charge in [0.15, 0.2) is 0 Å². The van der Waals surface area contributed by atoms with Gasteiger partial charge in [-0.15, -0.1) is 0 Å². The highest BCUT2D eigenvalue weighted by Gasteiger charge is 2.20. The largest absolute Gasteiger partial charge is 0.309 e. The van der Waals surface area contributed by atoms with E-state index in [1.54, 1.807) is 6.07 Å². The fourth-order valence-corrected chi connectivity index (χ4v) is 7.34. The molecule has 10 aromatic rings. The quantitative estimate of drug-likeness (QED) is 0.201. The van der Waals surface area contributed by atoms with Crippen molar-refractivity contribution in [2.75, 3.05) is 0 Å². The number of fused-ring (bicyclic) bond motifs is 9. The Labute approximate surface area is 268 Å². The number of aromatic nitrogens is 4. The highest BCUT2D eigenvalue weighted by molar-refractivity contribution is 6.21. The second-order valence-electron chi connectivity index (χ2n) is 12.0. The Morgan fingerprint density at radius 3 is 2.02 bits per heavy atom. The third-order valence-corrected chi connectivity index (χ3v) is 9.37. The van der Waals surface area contributed by atoms with E-state index in [1.807, 2.05) is 42.5 Å². The number of para-hydroxylation sites is 3. The molecule has 5 heteroatoms. The highest BCUT2D eigenvalue weighted by Crippen LogP contribution is 2.39. The molecule has 3 aromatic heterocycles. The SMILES string of the molecule is Fc1ccc2c(c1)c1c3ccccc3ccc1n2-c1nc(-c2ccc3c(c2)c2ccccc2n3-c2ccccc2)c2ccccc2n1. The molecule has 0 aliphatic carbocycles. The van der Waals surface area contributed by atoms with Crippen molar-refractivity contribution in [1.29, 1.82) is 0 Å². The van der Waals surface area contributed by atoms with E-state index in [0.717, 1.165) is 76.8 Å². The van der Waals surface area contributed by atoms with Gasteiger partial charge >= 0.3 is 0 Å². The van der Waals surface area contributed by atoms with Gasteiger partial charge < -0.3 is 4.57 Å². The minimum Gasteiger partial charge on any atom is -0.309 e. The Hall–Kier alpha value is -6.33. The summed E-state index contributed by atoms with van der Waals surface area (Å²) in [6.07, 6.45) is 0. The van der Waals surface area contributed by atoms with Crippen LogP contribution in [-0.2, 0) is 0 Å². The molecule has 0 N–H and O–H groups in total. The van der Waals surface area contributed by atoms with Crippen molar-refractivity contribution in [3.63, 3.8) is 0 Å². The van der Waals surface area contributed by atoms with Crippen molar-refractivity contribution in [3.05, 3.63) is 157 Å². The fourth-order valence-electron chi connectivity index (χ4n) is 7.34. The molecule has 220 valence electrons. The van der Waals surface area contributed by atoms with Gasteiger partial charge in [0.05, 0.1) is 33.3 Å². The summed E-state index contributed by atoms with van der Waals surface area (Å²) in [6.45, 7) is 0. The van der Waals surface area contributed by atoms with Gasteiger partial charge in [0.2, 0.25) is 5.95 Å². The van der Waals surface area contributed by atoms with Crippen LogP contribution in [0.5, 0.6) is 0 Å². The minimum atomic E-state index is -0.271. The average Bonchev–Trinajstić information content (AvgIpc) is 3.64. The predicted octanol–water partition coefficient (Wildman–Crippen LogP) is 10.8. The molecule has 0 radical (unpaired) electrons. The molecule has 0 spiro atoms. The first-order valence-corrected chi connectivity index (χ1v) is 15.7. The molecule has 0 bridgehead atoms. The number of nitrogens with zero attached hydrogens (tertiary/aromatic N) is 4. The Morgan fingerprint density at radius 2 is 1.13 bits per heavy atom. The molecule has 0 saturated carbocycles. The maximum absolute atomic E-state index is 14.8. The maximum atomic E-state index is 14.8. The second kappa shape index (κ2) is 9.83. The lowest BCUT2D eigenvalue weighted by atomic mass is 10.0. The summed E-state index contributed by atoms with van der Waals surface area (Å²) in [5, 5.41) is 7.32. The predicted molar refractivity (Wildman–Crippen MR) is 191 cm³/mol. The van der Waals surface area contributed by atoms with E-state index in [4.69, 9.17) is 9.97 Å². The van der Waals surface area contributed by atoms with Crippen LogP contribution in [0.3, 0.4) is 0 Å². The van der Waals surface area contributed by atoms with E-state index in [0.29, 0.717) is 5.95 Å². The van der Waals surface area contributed by atoms with Crippen LogP contribution in [0.4, 0.5) is 4.39 Å². The standard InChI is InChI=1S/C42H25FN4/c43-28-20-23-38-34(25-28)40-30-13-5-4-10-26(30)18-22-39(40)47(38)42-44-35-16-8-6-15-32(35)41(45-42)27-19-21-37-33(24-27)31-14-7-9-17-36(31)46(37)29-11-2-1-3-12-29/h1-25H. The van der Waals surface area contributed by atoms with Crippen LogP contribution in [-0.4, -0.2) is 19.1 Å². The molecule has 4 nitrogen and oxygen atoms in total. The van der Waals surface area contributed by atoms with E-state index >= 15 is 0 Å². The molecule has 3 heterocycles. The smallest absolute Gasteiger partial charge is 0.235 e. The third-order valence-electron chi connectivity index (χ3n) is 9.37. The third kappa shape index (κ3) is 3.80. The molecule has 0 aliphatic heterocycles. The van der Waals surface area contributed by atoms with Crippen LogP contribution >= 0.6 is 0 Å².